The number of aromatic nitrogens is 4. The average molecular weight is 282 g/mol. The van der Waals surface area contributed by atoms with Crippen molar-refractivity contribution >= 4 is 10.0 Å². The van der Waals surface area contributed by atoms with Gasteiger partial charge in [0.25, 0.3) is 0 Å². The fourth-order valence-electron chi connectivity index (χ4n) is 1.52. The zero-order valence-corrected chi connectivity index (χ0v) is 11.1. The quantitative estimate of drug-likeness (QED) is 0.737. The summed E-state index contributed by atoms with van der Waals surface area (Å²) in [6.45, 7) is 0.0704. The van der Waals surface area contributed by atoms with Crippen molar-refractivity contribution in [1.29, 1.82) is 0 Å². The van der Waals surface area contributed by atoms with Crippen molar-refractivity contribution in [3.63, 3.8) is 0 Å². The van der Waals surface area contributed by atoms with Gasteiger partial charge in [-0.1, -0.05) is 0 Å². The average Bonchev–Trinajstić information content (AvgIpc) is 2.82. The molecule has 2 aromatic heterocycles. The van der Waals surface area contributed by atoms with Crippen molar-refractivity contribution in [3.05, 3.63) is 36.2 Å². The molecule has 0 unspecified atom stereocenters. The molecule has 0 saturated carbocycles. The standard InChI is InChI=1S/C10H14N6O2S/c1-16-7-13-10(15-16)6-14-19(17,18)9-3-2-4-12-8(9)5-11/h2-4,7,14H,5-6,11H2,1H3. The van der Waals surface area contributed by atoms with Gasteiger partial charge >= 0.3 is 0 Å². The molecule has 0 spiro atoms. The number of nitrogens with zero attached hydrogens (tertiary/aromatic N) is 4. The Labute approximate surface area is 110 Å². The van der Waals surface area contributed by atoms with E-state index < -0.39 is 10.0 Å². The Morgan fingerprint density at radius 1 is 1.42 bits per heavy atom. The fraction of sp³-hybridized carbons (Fsp3) is 0.300. The number of sulfonamides is 1. The van der Waals surface area contributed by atoms with Gasteiger partial charge in [0.05, 0.1) is 12.2 Å². The van der Waals surface area contributed by atoms with Crippen molar-refractivity contribution in [1.82, 2.24) is 24.5 Å². The van der Waals surface area contributed by atoms with Gasteiger partial charge in [-0.15, -0.1) is 0 Å². The summed E-state index contributed by atoms with van der Waals surface area (Å²) in [5.41, 5.74) is 5.80. The van der Waals surface area contributed by atoms with Crippen LogP contribution in [-0.2, 0) is 30.2 Å². The highest BCUT2D eigenvalue weighted by molar-refractivity contribution is 7.89. The molecule has 0 aromatic carbocycles. The van der Waals surface area contributed by atoms with Gasteiger partial charge in [0, 0.05) is 19.8 Å². The Morgan fingerprint density at radius 2 is 2.21 bits per heavy atom. The molecule has 19 heavy (non-hydrogen) atoms. The number of hydrogen-bond acceptors (Lipinski definition) is 6. The maximum Gasteiger partial charge on any atom is 0.242 e. The molecule has 2 heterocycles. The summed E-state index contributed by atoms with van der Waals surface area (Å²) < 4.78 is 28.2. The van der Waals surface area contributed by atoms with Crippen LogP contribution < -0.4 is 10.5 Å². The van der Waals surface area contributed by atoms with Gasteiger partial charge in [0.1, 0.15) is 11.2 Å². The summed E-state index contributed by atoms with van der Waals surface area (Å²) in [4.78, 5) is 7.96. The molecule has 3 N–H and O–H groups in total. The van der Waals surface area contributed by atoms with E-state index in [1.807, 2.05) is 0 Å². The number of rotatable bonds is 5. The Balaban J connectivity index is 2.18. The first-order valence-corrected chi connectivity index (χ1v) is 6.99. The van der Waals surface area contributed by atoms with Crippen LogP contribution in [0.2, 0.25) is 0 Å². The van der Waals surface area contributed by atoms with Crippen LogP contribution in [0.5, 0.6) is 0 Å². The van der Waals surface area contributed by atoms with Crippen LogP contribution in [0.25, 0.3) is 0 Å². The third-order valence-electron chi connectivity index (χ3n) is 2.40. The third-order valence-corrected chi connectivity index (χ3v) is 3.87. The van der Waals surface area contributed by atoms with E-state index in [0.29, 0.717) is 11.5 Å². The van der Waals surface area contributed by atoms with E-state index in [4.69, 9.17) is 5.73 Å². The summed E-state index contributed by atoms with van der Waals surface area (Å²) >= 11 is 0. The minimum absolute atomic E-state index is 0.0160. The zero-order valence-electron chi connectivity index (χ0n) is 10.3. The number of nitrogens with one attached hydrogen (secondary N) is 1. The third kappa shape index (κ3) is 3.13. The molecule has 0 bridgehead atoms. The molecule has 0 aliphatic carbocycles. The first-order chi connectivity index (χ1) is 9.03. The maximum atomic E-state index is 12.1. The van der Waals surface area contributed by atoms with Crippen LogP contribution in [0.4, 0.5) is 0 Å². The maximum absolute atomic E-state index is 12.1. The van der Waals surface area contributed by atoms with Crippen molar-refractivity contribution in [2.45, 2.75) is 18.0 Å². The van der Waals surface area contributed by atoms with E-state index in [9.17, 15) is 8.42 Å². The first kappa shape index (κ1) is 13.6. The molecule has 2 rings (SSSR count). The van der Waals surface area contributed by atoms with E-state index in [0.717, 1.165) is 0 Å². The molecule has 0 aliphatic heterocycles. The topological polar surface area (TPSA) is 116 Å². The molecule has 102 valence electrons. The molecule has 8 nitrogen and oxygen atoms in total. The van der Waals surface area contributed by atoms with E-state index in [1.165, 1.54) is 23.3 Å². The van der Waals surface area contributed by atoms with Crippen molar-refractivity contribution in [2.75, 3.05) is 0 Å². The Morgan fingerprint density at radius 3 is 2.84 bits per heavy atom. The molecule has 0 radical (unpaired) electrons. The fourth-order valence-corrected chi connectivity index (χ4v) is 2.70. The number of pyridine rings is 1. The smallest absolute Gasteiger partial charge is 0.242 e. The minimum Gasteiger partial charge on any atom is -0.325 e. The predicted molar refractivity (Wildman–Crippen MR) is 67.2 cm³/mol. The van der Waals surface area contributed by atoms with Gasteiger partial charge in [-0.3, -0.25) is 9.67 Å². The van der Waals surface area contributed by atoms with Crippen LogP contribution in [0, 0.1) is 0 Å². The second kappa shape index (κ2) is 5.43. The summed E-state index contributed by atoms with van der Waals surface area (Å²) in [5.74, 6) is 0.393. The van der Waals surface area contributed by atoms with Crippen molar-refractivity contribution in [3.8, 4) is 0 Å². The van der Waals surface area contributed by atoms with Gasteiger partial charge in [-0.25, -0.2) is 18.1 Å². The van der Waals surface area contributed by atoms with Crippen LogP contribution in [0.15, 0.2) is 29.6 Å². The molecular weight excluding hydrogens is 268 g/mol. The van der Waals surface area contributed by atoms with Gasteiger partial charge in [-0.2, -0.15) is 5.10 Å². The van der Waals surface area contributed by atoms with E-state index in [2.05, 4.69) is 19.8 Å². The molecule has 0 aliphatic rings. The molecule has 0 atom stereocenters. The second-order valence-corrected chi connectivity index (χ2v) is 5.55. The summed E-state index contributed by atoms with van der Waals surface area (Å²) in [7, 11) is -1.97. The Bertz CT molecular complexity index is 666. The van der Waals surface area contributed by atoms with Crippen LogP contribution >= 0.6 is 0 Å². The molecule has 2 aromatic rings. The van der Waals surface area contributed by atoms with Crippen molar-refractivity contribution in [2.24, 2.45) is 12.8 Å². The largest absolute Gasteiger partial charge is 0.325 e. The van der Waals surface area contributed by atoms with Crippen LogP contribution in [-0.4, -0.2) is 28.2 Å². The highest BCUT2D eigenvalue weighted by Gasteiger charge is 2.18. The molecular formula is C10H14N6O2S. The van der Waals surface area contributed by atoms with Gasteiger partial charge in [-0.05, 0) is 12.1 Å². The lowest BCUT2D eigenvalue weighted by Crippen LogP contribution is -2.25. The Kier molecular flexibility index (Phi) is 3.88. The lowest BCUT2D eigenvalue weighted by Gasteiger charge is -2.08. The SMILES string of the molecule is Cn1cnc(CNS(=O)(=O)c2cccnc2CN)n1. The summed E-state index contributed by atoms with van der Waals surface area (Å²) in [6, 6.07) is 3.01. The van der Waals surface area contributed by atoms with Gasteiger partial charge in [0.15, 0.2) is 5.82 Å². The zero-order chi connectivity index (χ0) is 13.9. The van der Waals surface area contributed by atoms with E-state index in [-0.39, 0.29) is 18.0 Å². The highest BCUT2D eigenvalue weighted by Crippen LogP contribution is 2.12. The highest BCUT2D eigenvalue weighted by atomic mass is 32.2. The molecule has 0 amide bonds. The monoisotopic (exact) mass is 282 g/mol. The lowest BCUT2D eigenvalue weighted by molar-refractivity contribution is 0.576. The molecule has 0 saturated heterocycles. The number of nitrogens with two attached hydrogens (primary N) is 1. The lowest BCUT2D eigenvalue weighted by atomic mass is 10.3. The molecule has 0 fully saturated rings. The summed E-state index contributed by atoms with van der Waals surface area (Å²) in [6.07, 6.45) is 3.00. The van der Waals surface area contributed by atoms with Gasteiger partial charge < -0.3 is 5.73 Å². The predicted octanol–water partition coefficient (Wildman–Crippen LogP) is -0.853. The minimum atomic E-state index is -3.67. The van der Waals surface area contributed by atoms with Gasteiger partial charge in [0.2, 0.25) is 10.0 Å². The normalized spacial score (nSPS) is 11.7. The molecule has 9 heteroatoms. The van der Waals surface area contributed by atoms with E-state index in [1.54, 1.807) is 13.1 Å². The van der Waals surface area contributed by atoms with E-state index >= 15 is 0 Å². The van der Waals surface area contributed by atoms with Crippen LogP contribution in [0.1, 0.15) is 11.5 Å². The number of hydrogen-bond donors (Lipinski definition) is 2. The van der Waals surface area contributed by atoms with Crippen LogP contribution in [0.3, 0.4) is 0 Å². The Hall–Kier alpha value is -1.84. The second-order valence-electron chi connectivity index (χ2n) is 3.81. The summed E-state index contributed by atoms with van der Waals surface area (Å²) in [5, 5.41) is 3.99. The number of aryl methyl sites for hydroxylation is 1. The van der Waals surface area contributed by atoms with Crippen molar-refractivity contribution < 1.29 is 8.42 Å². The first-order valence-electron chi connectivity index (χ1n) is 5.51.